The van der Waals surface area contributed by atoms with E-state index in [0.29, 0.717) is 17.7 Å². The van der Waals surface area contributed by atoms with Crippen molar-refractivity contribution in [2.75, 3.05) is 0 Å². The molecule has 0 fully saturated rings. The van der Waals surface area contributed by atoms with E-state index in [0.717, 1.165) is 10.0 Å². The number of nitrogen functional groups attached to an aromatic ring is 1. The minimum atomic E-state index is -0.417. The number of halogens is 2. The smallest absolute Gasteiger partial charge is 0.124 e. The van der Waals surface area contributed by atoms with Crippen LogP contribution < -0.4 is 5.73 Å². The highest BCUT2D eigenvalue weighted by Gasteiger charge is 2.04. The molecule has 0 aliphatic rings. The fourth-order valence-electron chi connectivity index (χ4n) is 1.76. The van der Waals surface area contributed by atoms with Crippen LogP contribution in [-0.4, -0.2) is 5.84 Å². The second-order valence-corrected chi connectivity index (χ2v) is 5.30. The Hall–Kier alpha value is -1.72. The predicted molar refractivity (Wildman–Crippen MR) is 80.1 cm³/mol. The third-order valence-electron chi connectivity index (χ3n) is 2.72. The van der Waals surface area contributed by atoms with Crippen LogP contribution >= 0.6 is 15.9 Å². The zero-order valence-electron chi connectivity index (χ0n) is 10.7. The van der Waals surface area contributed by atoms with Crippen molar-refractivity contribution in [2.24, 2.45) is 5.73 Å². The first-order valence-corrected chi connectivity index (χ1v) is 6.80. The molecule has 0 unspecified atom stereocenters. The van der Waals surface area contributed by atoms with Crippen molar-refractivity contribution in [3.05, 3.63) is 69.4 Å². The summed E-state index contributed by atoms with van der Waals surface area (Å²) in [5, 5.41) is 7.33. The SMILES string of the molecule is N=C(N)c1cc(F)cc(COCc2ccc(Br)cc2)c1. The molecule has 0 saturated carbocycles. The van der Waals surface area contributed by atoms with Gasteiger partial charge in [-0.25, -0.2) is 4.39 Å². The maximum atomic E-state index is 13.4. The Morgan fingerprint density at radius 3 is 2.40 bits per heavy atom. The Kier molecular flexibility index (Phi) is 4.87. The summed E-state index contributed by atoms with van der Waals surface area (Å²) in [7, 11) is 0. The average Bonchev–Trinajstić information content (AvgIpc) is 2.40. The Morgan fingerprint density at radius 2 is 1.75 bits per heavy atom. The van der Waals surface area contributed by atoms with Crippen LogP contribution in [0.25, 0.3) is 0 Å². The van der Waals surface area contributed by atoms with Gasteiger partial charge in [-0.15, -0.1) is 0 Å². The van der Waals surface area contributed by atoms with Crippen molar-refractivity contribution in [3.63, 3.8) is 0 Å². The van der Waals surface area contributed by atoms with Crippen molar-refractivity contribution >= 4 is 21.8 Å². The van der Waals surface area contributed by atoms with E-state index in [1.165, 1.54) is 12.1 Å². The first kappa shape index (κ1) is 14.7. The molecule has 0 aromatic heterocycles. The molecule has 3 nitrogen and oxygen atoms in total. The summed E-state index contributed by atoms with van der Waals surface area (Å²) >= 11 is 3.37. The van der Waals surface area contributed by atoms with Crippen molar-refractivity contribution in [2.45, 2.75) is 13.2 Å². The molecular weight excluding hydrogens is 323 g/mol. The summed E-state index contributed by atoms with van der Waals surface area (Å²) in [6.45, 7) is 0.716. The fourth-order valence-corrected chi connectivity index (χ4v) is 2.02. The van der Waals surface area contributed by atoms with Gasteiger partial charge in [0.1, 0.15) is 11.7 Å². The van der Waals surface area contributed by atoms with Gasteiger partial charge in [-0.05, 0) is 41.5 Å². The van der Waals surface area contributed by atoms with Gasteiger partial charge in [-0.1, -0.05) is 28.1 Å². The van der Waals surface area contributed by atoms with E-state index in [2.05, 4.69) is 15.9 Å². The van der Waals surface area contributed by atoms with Crippen molar-refractivity contribution in [1.82, 2.24) is 0 Å². The molecule has 0 bridgehead atoms. The molecule has 0 spiro atoms. The second-order valence-electron chi connectivity index (χ2n) is 4.38. The van der Waals surface area contributed by atoms with E-state index in [1.807, 2.05) is 24.3 Å². The van der Waals surface area contributed by atoms with Crippen LogP contribution in [0.15, 0.2) is 46.9 Å². The Labute approximate surface area is 125 Å². The summed E-state index contributed by atoms with van der Waals surface area (Å²) < 4.78 is 19.9. The number of ether oxygens (including phenoxy) is 1. The minimum absolute atomic E-state index is 0.154. The van der Waals surface area contributed by atoms with Gasteiger partial charge in [0.15, 0.2) is 0 Å². The highest BCUT2D eigenvalue weighted by atomic mass is 79.9. The lowest BCUT2D eigenvalue weighted by atomic mass is 10.1. The number of nitrogens with one attached hydrogen (secondary N) is 1. The van der Waals surface area contributed by atoms with Gasteiger partial charge in [0.05, 0.1) is 13.2 Å². The highest BCUT2D eigenvalue weighted by molar-refractivity contribution is 9.10. The summed E-state index contributed by atoms with van der Waals surface area (Å²) in [6.07, 6.45) is 0. The molecule has 5 heteroatoms. The maximum Gasteiger partial charge on any atom is 0.124 e. The third-order valence-corrected chi connectivity index (χ3v) is 3.25. The summed E-state index contributed by atoms with van der Waals surface area (Å²) in [6, 6.07) is 12.1. The quantitative estimate of drug-likeness (QED) is 0.647. The molecule has 0 aliphatic carbocycles. The molecule has 104 valence electrons. The molecule has 0 radical (unpaired) electrons. The van der Waals surface area contributed by atoms with Gasteiger partial charge < -0.3 is 10.5 Å². The van der Waals surface area contributed by atoms with E-state index < -0.39 is 5.82 Å². The fraction of sp³-hybridized carbons (Fsp3) is 0.133. The van der Waals surface area contributed by atoms with E-state index in [1.54, 1.807) is 6.07 Å². The molecule has 3 N–H and O–H groups in total. The second kappa shape index (κ2) is 6.63. The van der Waals surface area contributed by atoms with Gasteiger partial charge in [-0.2, -0.15) is 0 Å². The molecule has 0 amide bonds. The van der Waals surface area contributed by atoms with E-state index in [4.69, 9.17) is 15.9 Å². The summed E-state index contributed by atoms with van der Waals surface area (Å²) in [5.74, 6) is -0.571. The Balaban J connectivity index is 1.97. The van der Waals surface area contributed by atoms with Crippen molar-refractivity contribution < 1.29 is 9.13 Å². The first-order chi connectivity index (χ1) is 9.54. The van der Waals surface area contributed by atoms with Crippen LogP contribution in [0.2, 0.25) is 0 Å². The van der Waals surface area contributed by atoms with E-state index in [9.17, 15) is 4.39 Å². The maximum absolute atomic E-state index is 13.4. The highest BCUT2D eigenvalue weighted by Crippen LogP contribution is 2.13. The third kappa shape index (κ3) is 4.15. The molecule has 0 atom stereocenters. The molecular formula is C15H14BrFN2O. The lowest BCUT2D eigenvalue weighted by Crippen LogP contribution is -2.12. The average molecular weight is 337 g/mol. The number of hydrogen-bond acceptors (Lipinski definition) is 2. The minimum Gasteiger partial charge on any atom is -0.384 e. The molecule has 2 aromatic carbocycles. The number of nitrogens with two attached hydrogens (primary N) is 1. The standard InChI is InChI=1S/C15H14BrFN2O/c16-13-3-1-10(2-4-13)8-20-9-11-5-12(15(18)19)7-14(17)6-11/h1-7H,8-9H2,(H3,18,19). The first-order valence-electron chi connectivity index (χ1n) is 6.00. The zero-order chi connectivity index (χ0) is 14.5. The van der Waals surface area contributed by atoms with Crippen LogP contribution in [0.5, 0.6) is 0 Å². The number of rotatable bonds is 5. The predicted octanol–water partition coefficient (Wildman–Crippen LogP) is 3.59. The van der Waals surface area contributed by atoms with Gasteiger partial charge in [0.25, 0.3) is 0 Å². The van der Waals surface area contributed by atoms with Gasteiger partial charge >= 0.3 is 0 Å². The normalized spacial score (nSPS) is 10.5. The lowest BCUT2D eigenvalue weighted by Gasteiger charge is -2.07. The molecule has 0 saturated heterocycles. The van der Waals surface area contributed by atoms with E-state index >= 15 is 0 Å². The number of benzene rings is 2. The molecule has 0 heterocycles. The van der Waals surface area contributed by atoms with Gasteiger partial charge in [0, 0.05) is 10.0 Å². The largest absolute Gasteiger partial charge is 0.384 e. The lowest BCUT2D eigenvalue weighted by molar-refractivity contribution is 0.107. The molecule has 2 aromatic rings. The topological polar surface area (TPSA) is 59.1 Å². The van der Waals surface area contributed by atoms with Crippen LogP contribution in [0.3, 0.4) is 0 Å². The van der Waals surface area contributed by atoms with Crippen LogP contribution in [0.1, 0.15) is 16.7 Å². The van der Waals surface area contributed by atoms with E-state index in [-0.39, 0.29) is 12.4 Å². The van der Waals surface area contributed by atoms with Crippen molar-refractivity contribution in [3.8, 4) is 0 Å². The Bertz CT molecular complexity index is 614. The van der Waals surface area contributed by atoms with Gasteiger partial charge in [0.2, 0.25) is 0 Å². The Morgan fingerprint density at radius 1 is 1.10 bits per heavy atom. The van der Waals surface area contributed by atoms with Crippen LogP contribution in [0, 0.1) is 11.2 Å². The monoisotopic (exact) mass is 336 g/mol. The number of hydrogen-bond donors (Lipinski definition) is 2. The molecule has 0 aliphatic heterocycles. The summed E-state index contributed by atoms with van der Waals surface area (Å²) in [5.41, 5.74) is 7.42. The zero-order valence-corrected chi connectivity index (χ0v) is 12.3. The summed E-state index contributed by atoms with van der Waals surface area (Å²) in [4.78, 5) is 0. The number of amidine groups is 1. The van der Waals surface area contributed by atoms with Crippen LogP contribution in [-0.2, 0) is 18.0 Å². The van der Waals surface area contributed by atoms with Crippen molar-refractivity contribution in [1.29, 1.82) is 5.41 Å². The molecule has 2 rings (SSSR count). The molecule has 20 heavy (non-hydrogen) atoms. The van der Waals surface area contributed by atoms with Gasteiger partial charge in [-0.3, -0.25) is 5.41 Å². The van der Waals surface area contributed by atoms with Crippen LogP contribution in [0.4, 0.5) is 4.39 Å².